The van der Waals surface area contributed by atoms with Gasteiger partial charge in [0.25, 0.3) is 0 Å². The largest absolute Gasteiger partial charge is 0.208 e. The second-order valence-corrected chi connectivity index (χ2v) is 16.5. The van der Waals surface area contributed by atoms with E-state index in [-0.39, 0.29) is 0 Å². The number of fused-ring (bicyclic) bond motifs is 6. The molecule has 0 amide bonds. The van der Waals surface area contributed by atoms with Gasteiger partial charge in [0.2, 0.25) is 0 Å². The van der Waals surface area contributed by atoms with Gasteiger partial charge in [-0.05, 0) is 83.9 Å². The predicted molar refractivity (Wildman–Crippen MR) is 258 cm³/mol. The molecular formula is C57H35N3S. The Morgan fingerprint density at radius 3 is 1.34 bits per heavy atom. The van der Waals surface area contributed by atoms with E-state index in [1.807, 2.05) is 6.07 Å². The predicted octanol–water partition coefficient (Wildman–Crippen LogP) is 15.7. The van der Waals surface area contributed by atoms with Crippen molar-refractivity contribution in [2.75, 3.05) is 0 Å². The lowest BCUT2D eigenvalue weighted by Gasteiger charge is -2.19. The summed E-state index contributed by atoms with van der Waals surface area (Å²) in [5.74, 6) is 1.94. The van der Waals surface area contributed by atoms with Gasteiger partial charge >= 0.3 is 0 Å². The van der Waals surface area contributed by atoms with E-state index in [4.69, 9.17) is 15.0 Å². The van der Waals surface area contributed by atoms with Crippen LogP contribution in [0.15, 0.2) is 212 Å². The minimum atomic E-state index is 0.638. The summed E-state index contributed by atoms with van der Waals surface area (Å²) in [7, 11) is 0. The summed E-state index contributed by atoms with van der Waals surface area (Å²) < 4.78 is 2.42. The zero-order valence-electron chi connectivity index (χ0n) is 33.0. The van der Waals surface area contributed by atoms with Crippen LogP contribution in [0.5, 0.6) is 0 Å². The van der Waals surface area contributed by atoms with Crippen LogP contribution >= 0.6 is 11.3 Å². The fourth-order valence-electron chi connectivity index (χ4n) is 9.16. The van der Waals surface area contributed by atoms with Crippen LogP contribution in [-0.4, -0.2) is 15.0 Å². The molecule has 0 bridgehead atoms. The minimum Gasteiger partial charge on any atom is -0.208 e. The van der Waals surface area contributed by atoms with Crippen molar-refractivity contribution >= 4 is 63.8 Å². The molecule has 0 aliphatic rings. The Bertz CT molecular complexity index is 3570. The standard InChI is InChI=1S/C57H35N3S/c1-3-16-36(17-4-1)37-30-32-39(33-31-37)55-58-56(60-57(59-55)50-28-15-27-48-42-22-13-14-29-51(42)61-54(48)50)49-35-34-47(40-20-7-8-21-41(40)49)53-45-25-11-9-23-43(45)52(38-18-5-2-6-19-38)44-24-10-12-26-46(44)53/h1-35H. The highest BCUT2D eigenvalue weighted by atomic mass is 32.1. The summed E-state index contributed by atoms with van der Waals surface area (Å²) >= 11 is 1.79. The number of thiophene rings is 1. The molecule has 10 aromatic carbocycles. The van der Waals surface area contributed by atoms with Crippen LogP contribution in [0.2, 0.25) is 0 Å². The molecular weight excluding hydrogens is 759 g/mol. The van der Waals surface area contributed by atoms with Gasteiger partial charge in [-0.2, -0.15) is 0 Å². The first-order valence-corrected chi connectivity index (χ1v) is 21.4. The van der Waals surface area contributed by atoms with Gasteiger partial charge < -0.3 is 0 Å². The lowest BCUT2D eigenvalue weighted by atomic mass is 9.84. The van der Waals surface area contributed by atoms with Crippen molar-refractivity contribution in [3.05, 3.63) is 212 Å². The molecule has 0 aliphatic carbocycles. The number of rotatable bonds is 6. The molecule has 2 aromatic heterocycles. The molecule has 284 valence electrons. The molecule has 0 saturated carbocycles. The van der Waals surface area contributed by atoms with E-state index in [1.54, 1.807) is 11.3 Å². The normalized spacial score (nSPS) is 11.6. The second-order valence-electron chi connectivity index (χ2n) is 15.4. The molecule has 0 aliphatic heterocycles. The van der Waals surface area contributed by atoms with Crippen molar-refractivity contribution in [1.29, 1.82) is 0 Å². The Morgan fingerprint density at radius 2 is 0.689 bits per heavy atom. The number of hydrogen-bond donors (Lipinski definition) is 0. The highest BCUT2D eigenvalue weighted by Crippen LogP contribution is 2.47. The van der Waals surface area contributed by atoms with Crippen LogP contribution in [0.1, 0.15) is 0 Å². The van der Waals surface area contributed by atoms with Crippen LogP contribution in [0.3, 0.4) is 0 Å². The topological polar surface area (TPSA) is 38.7 Å². The van der Waals surface area contributed by atoms with Gasteiger partial charge in [-0.15, -0.1) is 11.3 Å². The highest BCUT2D eigenvalue weighted by Gasteiger charge is 2.21. The van der Waals surface area contributed by atoms with Crippen molar-refractivity contribution in [1.82, 2.24) is 15.0 Å². The van der Waals surface area contributed by atoms with E-state index in [9.17, 15) is 0 Å². The number of benzene rings is 10. The molecule has 0 spiro atoms. The number of hydrogen-bond acceptors (Lipinski definition) is 4. The summed E-state index contributed by atoms with van der Waals surface area (Å²) in [5.41, 5.74) is 10.1. The smallest absolute Gasteiger partial charge is 0.165 e. The first-order valence-electron chi connectivity index (χ1n) is 20.6. The van der Waals surface area contributed by atoms with Gasteiger partial charge in [0, 0.05) is 36.9 Å². The summed E-state index contributed by atoms with van der Waals surface area (Å²) in [5, 5.41) is 9.59. The first kappa shape index (κ1) is 35.2. The van der Waals surface area contributed by atoms with E-state index < -0.39 is 0 Å². The van der Waals surface area contributed by atoms with Crippen molar-refractivity contribution < 1.29 is 0 Å². The van der Waals surface area contributed by atoms with Crippen LogP contribution in [-0.2, 0) is 0 Å². The van der Waals surface area contributed by atoms with Crippen molar-refractivity contribution in [2.45, 2.75) is 0 Å². The van der Waals surface area contributed by atoms with Crippen molar-refractivity contribution in [2.24, 2.45) is 0 Å². The van der Waals surface area contributed by atoms with E-state index in [1.165, 1.54) is 69.5 Å². The zero-order valence-corrected chi connectivity index (χ0v) is 33.8. The molecule has 0 fully saturated rings. The van der Waals surface area contributed by atoms with Gasteiger partial charge in [-0.3, -0.25) is 0 Å². The zero-order chi connectivity index (χ0) is 40.3. The van der Waals surface area contributed by atoms with E-state index in [2.05, 4.69) is 206 Å². The molecule has 0 saturated heterocycles. The van der Waals surface area contributed by atoms with Gasteiger partial charge in [-0.1, -0.05) is 194 Å². The number of nitrogens with zero attached hydrogens (tertiary/aromatic N) is 3. The average molecular weight is 794 g/mol. The van der Waals surface area contributed by atoms with Crippen LogP contribution < -0.4 is 0 Å². The molecule has 0 radical (unpaired) electrons. The van der Waals surface area contributed by atoms with Gasteiger partial charge in [-0.25, -0.2) is 15.0 Å². The van der Waals surface area contributed by atoms with Crippen LogP contribution in [0, 0.1) is 0 Å². The summed E-state index contributed by atoms with van der Waals surface area (Å²) in [4.78, 5) is 15.9. The Hall–Kier alpha value is -7.79. The average Bonchev–Trinajstić information content (AvgIpc) is 3.72. The third kappa shape index (κ3) is 5.91. The highest BCUT2D eigenvalue weighted by molar-refractivity contribution is 7.26. The first-order chi connectivity index (χ1) is 30.3. The maximum atomic E-state index is 5.37. The van der Waals surface area contributed by atoms with Crippen molar-refractivity contribution in [3.8, 4) is 67.5 Å². The molecule has 0 unspecified atom stereocenters. The fraction of sp³-hybridized carbons (Fsp3) is 0. The van der Waals surface area contributed by atoms with Crippen LogP contribution in [0.4, 0.5) is 0 Å². The summed E-state index contributed by atoms with van der Waals surface area (Å²) in [6.07, 6.45) is 0. The molecule has 4 heteroatoms. The minimum absolute atomic E-state index is 0.638. The Labute approximate surface area is 356 Å². The monoisotopic (exact) mass is 793 g/mol. The number of aromatic nitrogens is 3. The SMILES string of the molecule is c1ccc(-c2ccc(-c3nc(-c4ccc(-c5c6ccccc6c(-c6ccccc6)c6ccccc56)c5ccccc45)nc(-c4cccc5c4sc4ccccc45)n3)cc2)cc1. The maximum Gasteiger partial charge on any atom is 0.165 e. The van der Waals surface area contributed by atoms with Gasteiger partial charge in [0.1, 0.15) is 0 Å². The molecule has 12 aromatic rings. The Kier molecular flexibility index (Phi) is 8.36. The van der Waals surface area contributed by atoms with Crippen LogP contribution in [0.25, 0.3) is 120 Å². The lowest BCUT2D eigenvalue weighted by molar-refractivity contribution is 1.08. The van der Waals surface area contributed by atoms with E-state index in [0.717, 1.165) is 33.0 Å². The van der Waals surface area contributed by atoms with E-state index >= 15 is 0 Å². The van der Waals surface area contributed by atoms with Gasteiger partial charge in [0.15, 0.2) is 17.5 Å². The van der Waals surface area contributed by atoms with Gasteiger partial charge in [0.05, 0.1) is 0 Å². The fourth-order valence-corrected chi connectivity index (χ4v) is 10.4. The Morgan fingerprint density at radius 1 is 0.246 bits per heavy atom. The third-order valence-corrected chi connectivity index (χ3v) is 13.2. The summed E-state index contributed by atoms with van der Waals surface area (Å²) in [6, 6.07) is 75.8. The summed E-state index contributed by atoms with van der Waals surface area (Å²) in [6.45, 7) is 0. The Balaban J connectivity index is 1.09. The molecule has 2 heterocycles. The molecule has 0 atom stereocenters. The van der Waals surface area contributed by atoms with Crippen molar-refractivity contribution in [3.63, 3.8) is 0 Å². The second kappa shape index (κ2) is 14.5. The molecule has 12 rings (SSSR count). The maximum absolute atomic E-state index is 5.37. The quantitative estimate of drug-likeness (QED) is 0.157. The lowest BCUT2D eigenvalue weighted by Crippen LogP contribution is -2.01. The molecule has 61 heavy (non-hydrogen) atoms. The third-order valence-electron chi connectivity index (χ3n) is 12.0. The molecule has 3 nitrogen and oxygen atoms in total. The van der Waals surface area contributed by atoms with E-state index in [0.29, 0.717) is 17.5 Å². The molecule has 0 N–H and O–H groups in total.